The Morgan fingerprint density at radius 1 is 1.42 bits per heavy atom. The lowest BCUT2D eigenvalue weighted by Gasteiger charge is -2.13. The van der Waals surface area contributed by atoms with Crippen molar-refractivity contribution in [2.24, 2.45) is 10.7 Å². The molecule has 0 fully saturated rings. The molecule has 1 amide bonds. The molecule has 8 heteroatoms. The monoisotopic (exact) mass is 339 g/mol. The first-order valence-corrected chi connectivity index (χ1v) is 7.94. The normalized spacial score (nSPS) is 15.8. The maximum atomic E-state index is 11.7. The van der Waals surface area contributed by atoms with Crippen LogP contribution in [0.15, 0.2) is 28.2 Å². The molecule has 0 unspecified atom stereocenters. The highest BCUT2D eigenvalue weighted by atomic mass is 32.2. The summed E-state index contributed by atoms with van der Waals surface area (Å²) in [4.78, 5) is 24.5. The van der Waals surface area contributed by atoms with Crippen molar-refractivity contribution in [3.63, 3.8) is 0 Å². The number of nitrogens with zero attached hydrogens (tertiary/aromatic N) is 4. The maximum Gasteiger partial charge on any atom is 0.286 e. The molecule has 0 saturated heterocycles. The Balaban J connectivity index is 2.11. The van der Waals surface area contributed by atoms with E-state index in [4.69, 9.17) is 10.5 Å². The van der Waals surface area contributed by atoms with Gasteiger partial charge in [-0.1, -0.05) is 0 Å². The Kier molecular flexibility index (Phi) is 4.18. The van der Waals surface area contributed by atoms with E-state index in [1.54, 1.807) is 18.2 Å². The van der Waals surface area contributed by atoms with Gasteiger partial charge in [0.15, 0.2) is 10.9 Å². The van der Waals surface area contributed by atoms with E-state index in [0.717, 1.165) is 11.8 Å². The van der Waals surface area contributed by atoms with Gasteiger partial charge in [0.25, 0.3) is 5.91 Å². The number of carbonyl (C=O) groups excluding carboxylic acids is 1. The van der Waals surface area contributed by atoms with E-state index in [-0.39, 0.29) is 17.2 Å². The summed E-state index contributed by atoms with van der Waals surface area (Å²) in [5.74, 6) is 0.000803. The summed E-state index contributed by atoms with van der Waals surface area (Å²) in [5, 5.41) is 9.48. The molecule has 2 aromatic rings. The van der Waals surface area contributed by atoms with Crippen LogP contribution in [0.2, 0.25) is 0 Å². The highest BCUT2D eigenvalue weighted by Gasteiger charge is 2.20. The van der Waals surface area contributed by atoms with Crippen LogP contribution in [0.5, 0.6) is 5.75 Å². The van der Waals surface area contributed by atoms with Crippen LogP contribution in [0, 0.1) is 11.3 Å². The molecule has 3 heterocycles. The molecule has 7 nitrogen and oxygen atoms in total. The number of aromatic nitrogens is 2. The average Bonchev–Trinajstić information content (AvgIpc) is 2.85. The number of hydrogen-bond acceptors (Lipinski definition) is 7. The van der Waals surface area contributed by atoms with E-state index < -0.39 is 0 Å². The second kappa shape index (κ2) is 6.29. The van der Waals surface area contributed by atoms with Gasteiger partial charge in [0.05, 0.1) is 22.2 Å². The van der Waals surface area contributed by atoms with Gasteiger partial charge in [-0.15, -0.1) is 0 Å². The van der Waals surface area contributed by atoms with Crippen molar-refractivity contribution >= 4 is 39.9 Å². The molecule has 0 saturated carbocycles. The van der Waals surface area contributed by atoms with Crippen molar-refractivity contribution in [1.29, 1.82) is 5.26 Å². The predicted molar refractivity (Wildman–Crippen MR) is 92.2 cm³/mol. The molecule has 3 rings (SSSR count). The molecule has 0 radical (unpaired) electrons. The van der Waals surface area contributed by atoms with E-state index >= 15 is 0 Å². The van der Waals surface area contributed by atoms with Gasteiger partial charge in [0.2, 0.25) is 0 Å². The minimum atomic E-state index is -0.387. The maximum absolute atomic E-state index is 11.7. The van der Waals surface area contributed by atoms with Crippen molar-refractivity contribution in [3.8, 4) is 11.8 Å². The Morgan fingerprint density at radius 3 is 2.83 bits per heavy atom. The molecule has 0 aromatic carbocycles. The third-order valence-electron chi connectivity index (χ3n) is 3.08. The molecule has 120 valence electrons. The van der Waals surface area contributed by atoms with Crippen molar-refractivity contribution < 1.29 is 9.53 Å². The lowest BCUT2D eigenvalue weighted by molar-refractivity contribution is -0.113. The molecule has 1 aliphatic rings. The lowest BCUT2D eigenvalue weighted by atomic mass is 10.2. The van der Waals surface area contributed by atoms with Gasteiger partial charge in [-0.25, -0.2) is 4.98 Å². The van der Waals surface area contributed by atoms with Crippen LogP contribution >= 0.6 is 11.8 Å². The molecule has 1 aliphatic heterocycles. The van der Waals surface area contributed by atoms with Gasteiger partial charge in [0, 0.05) is 6.20 Å². The van der Waals surface area contributed by atoms with Gasteiger partial charge >= 0.3 is 0 Å². The summed E-state index contributed by atoms with van der Waals surface area (Å²) in [6.07, 6.45) is 2.95. The first-order chi connectivity index (χ1) is 11.5. The van der Waals surface area contributed by atoms with Gasteiger partial charge < -0.3 is 10.5 Å². The van der Waals surface area contributed by atoms with E-state index in [1.807, 2.05) is 13.8 Å². The topological polar surface area (TPSA) is 114 Å². The van der Waals surface area contributed by atoms with Crippen LogP contribution in [0.1, 0.15) is 25.1 Å². The SMILES string of the molecule is CC(C)Oc1c(C#N)cnc2ccc(C=C3SC(N)=NC3=O)nc12. The van der Waals surface area contributed by atoms with Crippen molar-refractivity contribution in [1.82, 2.24) is 9.97 Å². The first kappa shape index (κ1) is 16.0. The number of thioether (sulfide) groups is 1. The number of rotatable bonds is 3. The Labute approximate surface area is 142 Å². The fourth-order valence-electron chi connectivity index (χ4n) is 2.13. The second-order valence-corrected chi connectivity index (χ2v) is 6.31. The van der Waals surface area contributed by atoms with Crippen molar-refractivity contribution in [2.45, 2.75) is 20.0 Å². The molecule has 0 bridgehead atoms. The molecule has 0 spiro atoms. The standard InChI is InChI=1S/C16H13N5O2S/c1-8(2)23-14-9(6-17)7-19-11-4-3-10(20-13(11)14)5-12-15(22)21-16(18)24-12/h3-5,7-8H,1-2H3,(H2,18,21,22). The van der Waals surface area contributed by atoms with Crippen LogP contribution in [0.4, 0.5) is 0 Å². The zero-order valence-electron chi connectivity index (χ0n) is 13.0. The average molecular weight is 339 g/mol. The Morgan fingerprint density at radius 2 is 2.21 bits per heavy atom. The number of ether oxygens (including phenoxy) is 1. The molecule has 0 atom stereocenters. The fraction of sp³-hybridized carbons (Fsp3) is 0.188. The highest BCUT2D eigenvalue weighted by molar-refractivity contribution is 8.18. The molecule has 24 heavy (non-hydrogen) atoms. The third kappa shape index (κ3) is 3.07. The number of nitriles is 1. The van der Waals surface area contributed by atoms with Gasteiger partial charge in [0.1, 0.15) is 17.1 Å². The Hall–Kier alpha value is -2.92. The van der Waals surface area contributed by atoms with Crippen LogP contribution in [0.25, 0.3) is 17.1 Å². The van der Waals surface area contributed by atoms with Crippen LogP contribution in [0.3, 0.4) is 0 Å². The van der Waals surface area contributed by atoms with E-state index in [2.05, 4.69) is 21.0 Å². The number of hydrogen-bond donors (Lipinski definition) is 1. The zero-order valence-corrected chi connectivity index (χ0v) is 13.8. The quantitative estimate of drug-likeness (QED) is 0.853. The Bertz CT molecular complexity index is 943. The van der Waals surface area contributed by atoms with E-state index in [1.165, 1.54) is 6.20 Å². The molecular weight excluding hydrogens is 326 g/mol. The van der Waals surface area contributed by atoms with E-state index in [0.29, 0.717) is 32.9 Å². The number of aliphatic imine (C=N–C) groups is 1. The summed E-state index contributed by atoms with van der Waals surface area (Å²) < 4.78 is 5.75. The first-order valence-electron chi connectivity index (χ1n) is 7.12. The number of fused-ring (bicyclic) bond motifs is 1. The lowest BCUT2D eigenvalue weighted by Crippen LogP contribution is -2.08. The highest BCUT2D eigenvalue weighted by Crippen LogP contribution is 2.30. The van der Waals surface area contributed by atoms with Crippen molar-refractivity contribution in [3.05, 3.63) is 34.5 Å². The molecule has 0 aliphatic carbocycles. The predicted octanol–water partition coefficient (Wildman–Crippen LogP) is 2.22. The summed E-state index contributed by atoms with van der Waals surface area (Å²) in [7, 11) is 0. The summed E-state index contributed by atoms with van der Waals surface area (Å²) in [6.45, 7) is 3.74. The van der Waals surface area contributed by atoms with Crippen molar-refractivity contribution in [2.75, 3.05) is 0 Å². The zero-order chi connectivity index (χ0) is 17.3. The summed E-state index contributed by atoms with van der Waals surface area (Å²) in [6, 6.07) is 5.56. The number of amidine groups is 1. The third-order valence-corrected chi connectivity index (χ3v) is 3.89. The molecular formula is C16H13N5O2S. The van der Waals surface area contributed by atoms with Gasteiger partial charge in [-0.2, -0.15) is 10.3 Å². The summed E-state index contributed by atoms with van der Waals surface area (Å²) >= 11 is 1.10. The minimum absolute atomic E-state index is 0.119. The number of carbonyl (C=O) groups is 1. The fourth-order valence-corrected chi connectivity index (χ4v) is 2.80. The van der Waals surface area contributed by atoms with E-state index in [9.17, 15) is 10.1 Å². The minimum Gasteiger partial charge on any atom is -0.487 e. The smallest absolute Gasteiger partial charge is 0.286 e. The molecule has 2 aromatic heterocycles. The molecule has 2 N–H and O–H groups in total. The summed E-state index contributed by atoms with van der Waals surface area (Å²) in [5.41, 5.74) is 7.47. The number of nitrogens with two attached hydrogens (primary N) is 1. The van der Waals surface area contributed by atoms with Crippen LogP contribution < -0.4 is 10.5 Å². The van der Waals surface area contributed by atoms with Gasteiger partial charge in [-0.05, 0) is 43.8 Å². The second-order valence-electron chi connectivity index (χ2n) is 5.25. The number of pyridine rings is 2. The largest absolute Gasteiger partial charge is 0.487 e. The van der Waals surface area contributed by atoms with Crippen LogP contribution in [-0.2, 0) is 4.79 Å². The number of amides is 1. The van der Waals surface area contributed by atoms with Gasteiger partial charge in [-0.3, -0.25) is 9.78 Å². The van der Waals surface area contributed by atoms with Crippen LogP contribution in [-0.4, -0.2) is 27.1 Å².